The van der Waals surface area contributed by atoms with Crippen molar-refractivity contribution in [3.63, 3.8) is 0 Å². The van der Waals surface area contributed by atoms with E-state index < -0.39 is 11.9 Å². The molecule has 0 radical (unpaired) electrons. The molecule has 12 heteroatoms. The molecular weight excluding hydrogens is 414 g/mol. The Kier molecular flexibility index (Phi) is 18.2. The monoisotopic (exact) mass is 449 g/mol. The lowest BCUT2D eigenvalue weighted by atomic mass is 10.1. The van der Waals surface area contributed by atoms with E-state index >= 15 is 0 Å². The molecule has 0 aliphatic heterocycles. The molecule has 12 nitrogen and oxygen atoms in total. The maximum absolute atomic E-state index is 11.6. The van der Waals surface area contributed by atoms with E-state index in [1.54, 1.807) is 6.92 Å². The van der Waals surface area contributed by atoms with Crippen LogP contribution in [0, 0.1) is 5.92 Å². The molecule has 1 atom stereocenters. The highest BCUT2D eigenvalue weighted by atomic mass is 16.5. The minimum atomic E-state index is -0.917. The van der Waals surface area contributed by atoms with Crippen LogP contribution in [0.3, 0.4) is 0 Å². The van der Waals surface area contributed by atoms with Crippen LogP contribution >= 0.6 is 0 Å². The molecule has 0 rings (SSSR count). The van der Waals surface area contributed by atoms with Gasteiger partial charge in [-0.15, -0.1) is 0 Å². The lowest BCUT2D eigenvalue weighted by Crippen LogP contribution is -2.31. The van der Waals surface area contributed by atoms with E-state index in [9.17, 15) is 19.2 Å². The predicted octanol–water partition coefficient (Wildman–Crippen LogP) is -1.47. The molecule has 0 unspecified atom stereocenters. The summed E-state index contributed by atoms with van der Waals surface area (Å²) in [6.45, 7) is 3.82. The molecule has 0 heterocycles. The molecule has 0 aliphatic carbocycles. The molecule has 0 saturated heterocycles. The molecule has 0 aromatic rings. The molecule has 0 spiro atoms. The number of aliphatic carboxylic acids is 1. The summed E-state index contributed by atoms with van der Waals surface area (Å²) >= 11 is 0. The van der Waals surface area contributed by atoms with Crippen LogP contribution in [0.2, 0.25) is 0 Å². The number of hydrogen-bond acceptors (Lipinski definition) is 8. The van der Waals surface area contributed by atoms with Crippen molar-refractivity contribution in [3.05, 3.63) is 0 Å². The molecular formula is C19H35N3O9. The fraction of sp³-hybridized carbons (Fsp3) is 0.789. The third-order valence-electron chi connectivity index (χ3n) is 3.85. The number of likely N-dealkylation sites (N-methyl/N-ethyl adjacent to an activating group) is 1. The van der Waals surface area contributed by atoms with E-state index in [1.165, 1.54) is 7.05 Å². The molecule has 0 fully saturated rings. The number of amides is 3. The van der Waals surface area contributed by atoms with Crippen molar-refractivity contribution >= 4 is 23.7 Å². The zero-order valence-electron chi connectivity index (χ0n) is 18.3. The van der Waals surface area contributed by atoms with E-state index in [0.29, 0.717) is 32.9 Å². The predicted molar refractivity (Wildman–Crippen MR) is 109 cm³/mol. The van der Waals surface area contributed by atoms with Gasteiger partial charge in [-0.25, -0.2) is 0 Å². The summed E-state index contributed by atoms with van der Waals surface area (Å²) in [5, 5.41) is 16.5. The Balaban J connectivity index is 3.36. The van der Waals surface area contributed by atoms with Gasteiger partial charge in [0.1, 0.15) is 13.2 Å². The normalized spacial score (nSPS) is 11.5. The third kappa shape index (κ3) is 19.4. The van der Waals surface area contributed by atoms with Gasteiger partial charge in [0.2, 0.25) is 17.7 Å². The largest absolute Gasteiger partial charge is 0.481 e. The average Bonchev–Trinajstić information content (AvgIpc) is 2.75. The first-order valence-electron chi connectivity index (χ1n) is 10.1. The number of carbonyl (C=O) groups is 4. The molecule has 0 aliphatic rings. The maximum Gasteiger partial charge on any atom is 0.306 e. The first-order valence-corrected chi connectivity index (χ1v) is 10.1. The Morgan fingerprint density at radius 1 is 0.742 bits per heavy atom. The number of ether oxygens (including phenoxy) is 4. The number of carboxylic acids is 1. The summed E-state index contributed by atoms with van der Waals surface area (Å²) < 4.78 is 20.8. The van der Waals surface area contributed by atoms with Gasteiger partial charge in [-0.3, -0.25) is 19.2 Å². The van der Waals surface area contributed by atoms with Crippen molar-refractivity contribution < 1.29 is 43.2 Å². The number of rotatable bonds is 20. The molecule has 180 valence electrons. The molecule has 31 heavy (non-hydrogen) atoms. The van der Waals surface area contributed by atoms with Gasteiger partial charge in [0.25, 0.3) is 0 Å². The fourth-order valence-electron chi connectivity index (χ4n) is 1.98. The Morgan fingerprint density at radius 2 is 1.23 bits per heavy atom. The van der Waals surface area contributed by atoms with Crippen LogP contribution < -0.4 is 16.0 Å². The standard InChI is InChI=1S/C19H35N3O9/c1-15(19(26)27)3-4-16(23)21-5-7-28-10-12-31-14-18(25)22-6-8-29-9-11-30-13-17(24)20-2/h15H,3-14H2,1-2H3,(H,20,24)(H,21,23)(H,22,25)(H,26,27)/t15-/m0/s1. The quantitative estimate of drug-likeness (QED) is 0.163. The molecule has 0 saturated carbocycles. The summed E-state index contributed by atoms with van der Waals surface area (Å²) in [6.07, 6.45) is 0.444. The van der Waals surface area contributed by atoms with Gasteiger partial charge in [0.05, 0.1) is 45.6 Å². The SMILES string of the molecule is CNC(=O)COCCOCCNC(=O)COCCOCCNC(=O)CC[C@H](C)C(=O)O. The highest BCUT2D eigenvalue weighted by Crippen LogP contribution is 2.04. The summed E-state index contributed by atoms with van der Waals surface area (Å²) in [5.74, 6) is -2.17. The lowest BCUT2D eigenvalue weighted by molar-refractivity contribution is -0.141. The van der Waals surface area contributed by atoms with Crippen LogP contribution in [-0.4, -0.2) is 102 Å². The maximum atomic E-state index is 11.6. The zero-order chi connectivity index (χ0) is 23.3. The molecule has 3 amide bonds. The average molecular weight is 450 g/mol. The third-order valence-corrected chi connectivity index (χ3v) is 3.85. The Labute approximate surface area is 182 Å². The van der Waals surface area contributed by atoms with E-state index in [1.807, 2.05) is 0 Å². The topological polar surface area (TPSA) is 162 Å². The minimum absolute atomic E-state index is 0.0137. The highest BCUT2D eigenvalue weighted by Gasteiger charge is 2.12. The summed E-state index contributed by atoms with van der Waals surface area (Å²) in [5.41, 5.74) is 0. The number of nitrogens with one attached hydrogen (secondary N) is 3. The van der Waals surface area contributed by atoms with Gasteiger partial charge in [0, 0.05) is 26.6 Å². The first-order chi connectivity index (χ1) is 14.9. The van der Waals surface area contributed by atoms with Crippen molar-refractivity contribution in [2.45, 2.75) is 19.8 Å². The highest BCUT2D eigenvalue weighted by molar-refractivity contribution is 5.77. The number of carboxylic acid groups (broad SMARTS) is 1. The second-order valence-corrected chi connectivity index (χ2v) is 6.48. The van der Waals surface area contributed by atoms with Crippen LogP contribution in [0.25, 0.3) is 0 Å². The Hall–Kier alpha value is -2.28. The van der Waals surface area contributed by atoms with Crippen LogP contribution in [0.15, 0.2) is 0 Å². The summed E-state index contributed by atoms with van der Waals surface area (Å²) in [4.78, 5) is 44.7. The van der Waals surface area contributed by atoms with E-state index in [4.69, 9.17) is 24.1 Å². The zero-order valence-corrected chi connectivity index (χ0v) is 18.3. The van der Waals surface area contributed by atoms with Crippen molar-refractivity contribution in [2.24, 2.45) is 5.92 Å². The van der Waals surface area contributed by atoms with Crippen molar-refractivity contribution in [1.82, 2.24) is 16.0 Å². The number of hydrogen-bond donors (Lipinski definition) is 4. The Morgan fingerprint density at radius 3 is 1.74 bits per heavy atom. The van der Waals surface area contributed by atoms with Gasteiger partial charge < -0.3 is 40.0 Å². The summed E-state index contributed by atoms with van der Waals surface area (Å²) in [6, 6.07) is 0. The van der Waals surface area contributed by atoms with Gasteiger partial charge >= 0.3 is 5.97 Å². The van der Waals surface area contributed by atoms with Crippen LogP contribution in [0.4, 0.5) is 0 Å². The van der Waals surface area contributed by atoms with Gasteiger partial charge in [-0.2, -0.15) is 0 Å². The van der Waals surface area contributed by atoms with E-state index in [2.05, 4.69) is 16.0 Å². The number of carbonyl (C=O) groups excluding carboxylic acids is 3. The molecule has 4 N–H and O–H groups in total. The fourth-order valence-corrected chi connectivity index (χ4v) is 1.98. The van der Waals surface area contributed by atoms with Gasteiger partial charge in [0.15, 0.2) is 0 Å². The van der Waals surface area contributed by atoms with Crippen LogP contribution in [-0.2, 0) is 38.1 Å². The second-order valence-electron chi connectivity index (χ2n) is 6.48. The molecule has 0 aromatic carbocycles. The van der Waals surface area contributed by atoms with Crippen LogP contribution in [0.5, 0.6) is 0 Å². The van der Waals surface area contributed by atoms with Gasteiger partial charge in [-0.1, -0.05) is 6.92 Å². The first kappa shape index (κ1) is 28.7. The second kappa shape index (κ2) is 19.7. The van der Waals surface area contributed by atoms with E-state index in [0.717, 1.165) is 0 Å². The smallest absolute Gasteiger partial charge is 0.306 e. The molecule has 0 bridgehead atoms. The van der Waals surface area contributed by atoms with Crippen molar-refractivity contribution in [2.75, 3.05) is 73.0 Å². The minimum Gasteiger partial charge on any atom is -0.481 e. The van der Waals surface area contributed by atoms with Crippen LogP contribution in [0.1, 0.15) is 19.8 Å². The molecule has 0 aromatic heterocycles. The Bertz CT molecular complexity index is 532. The van der Waals surface area contributed by atoms with E-state index in [-0.39, 0.29) is 63.6 Å². The lowest BCUT2D eigenvalue weighted by Gasteiger charge is -2.09. The van der Waals surface area contributed by atoms with Gasteiger partial charge in [-0.05, 0) is 6.42 Å². The van der Waals surface area contributed by atoms with Crippen molar-refractivity contribution in [1.29, 1.82) is 0 Å². The summed E-state index contributed by atoms with van der Waals surface area (Å²) in [7, 11) is 1.53. The van der Waals surface area contributed by atoms with Crippen molar-refractivity contribution in [3.8, 4) is 0 Å².